The van der Waals surface area contributed by atoms with Crippen molar-refractivity contribution in [3.63, 3.8) is 0 Å². The summed E-state index contributed by atoms with van der Waals surface area (Å²) in [5.41, 5.74) is -0.631. The second-order valence-electron chi connectivity index (χ2n) is 4.81. The molecule has 4 nitrogen and oxygen atoms in total. The predicted molar refractivity (Wildman–Crippen MR) is 67.8 cm³/mol. The van der Waals surface area contributed by atoms with Crippen LogP contribution in [0.3, 0.4) is 0 Å². The average molecular weight is 254 g/mol. The second-order valence-corrected chi connectivity index (χ2v) is 5.85. The van der Waals surface area contributed by atoms with E-state index < -0.39 is 5.60 Å². The number of likely N-dealkylation sites (tertiary alicyclic amines) is 1. The van der Waals surface area contributed by atoms with E-state index in [1.807, 2.05) is 29.3 Å². The Balaban J connectivity index is 1.71. The van der Waals surface area contributed by atoms with E-state index in [1.54, 1.807) is 11.3 Å². The molecule has 17 heavy (non-hydrogen) atoms. The number of rotatable bonds is 4. The van der Waals surface area contributed by atoms with Gasteiger partial charge in [-0.1, -0.05) is 6.07 Å². The molecule has 1 unspecified atom stereocenters. The van der Waals surface area contributed by atoms with Gasteiger partial charge in [0.15, 0.2) is 0 Å². The molecule has 1 saturated heterocycles. The van der Waals surface area contributed by atoms with Gasteiger partial charge in [-0.3, -0.25) is 9.69 Å². The van der Waals surface area contributed by atoms with E-state index in [4.69, 9.17) is 0 Å². The van der Waals surface area contributed by atoms with Crippen LogP contribution in [0.1, 0.15) is 18.2 Å². The summed E-state index contributed by atoms with van der Waals surface area (Å²) in [6.07, 6.45) is 0.741. The average Bonchev–Trinajstić information content (AvgIpc) is 2.85. The molecule has 0 aromatic carbocycles. The third kappa shape index (κ3) is 3.80. The van der Waals surface area contributed by atoms with Crippen LogP contribution >= 0.6 is 11.3 Å². The third-order valence-corrected chi connectivity index (χ3v) is 3.81. The molecule has 94 valence electrons. The first-order chi connectivity index (χ1) is 8.05. The predicted octanol–water partition coefficient (Wildman–Crippen LogP) is 0.821. The number of nitrogens with zero attached hydrogens (tertiary/aromatic N) is 1. The minimum absolute atomic E-state index is 0.0242. The third-order valence-electron chi connectivity index (χ3n) is 2.94. The lowest BCUT2D eigenvalue weighted by Crippen LogP contribution is -2.37. The number of thiophene rings is 1. The van der Waals surface area contributed by atoms with Crippen LogP contribution in [0.5, 0.6) is 0 Å². The van der Waals surface area contributed by atoms with Crippen LogP contribution in [-0.4, -0.2) is 41.1 Å². The fourth-order valence-corrected chi connectivity index (χ4v) is 2.68. The Labute approximate surface area is 105 Å². The maximum Gasteiger partial charge on any atom is 0.234 e. The number of hydrogen-bond acceptors (Lipinski definition) is 4. The van der Waals surface area contributed by atoms with Gasteiger partial charge in [0.05, 0.1) is 18.7 Å². The molecule has 1 amide bonds. The largest absolute Gasteiger partial charge is 0.389 e. The molecule has 2 heterocycles. The van der Waals surface area contributed by atoms with Crippen molar-refractivity contribution in [2.45, 2.75) is 25.5 Å². The molecule has 1 aromatic heterocycles. The molecular weight excluding hydrogens is 236 g/mol. The summed E-state index contributed by atoms with van der Waals surface area (Å²) in [6.45, 7) is 4.16. The molecule has 0 radical (unpaired) electrons. The number of carbonyl (C=O) groups is 1. The van der Waals surface area contributed by atoms with Crippen LogP contribution in [-0.2, 0) is 11.3 Å². The van der Waals surface area contributed by atoms with Gasteiger partial charge in [-0.2, -0.15) is 0 Å². The summed E-state index contributed by atoms with van der Waals surface area (Å²) in [4.78, 5) is 14.8. The minimum atomic E-state index is -0.631. The lowest BCUT2D eigenvalue weighted by Gasteiger charge is -2.18. The number of nitrogens with one attached hydrogen (secondary N) is 1. The number of carbonyl (C=O) groups excluding carboxylic acids is 1. The molecule has 0 saturated carbocycles. The molecule has 2 rings (SSSR count). The molecule has 5 heteroatoms. The van der Waals surface area contributed by atoms with Gasteiger partial charge >= 0.3 is 0 Å². The number of amides is 1. The molecule has 1 fully saturated rings. The van der Waals surface area contributed by atoms with Crippen molar-refractivity contribution >= 4 is 17.2 Å². The number of β-amino-alcohol motifs (C(OH)–C–C–N with tert-alkyl or cyclic N) is 1. The summed E-state index contributed by atoms with van der Waals surface area (Å²) in [6, 6.07) is 3.98. The van der Waals surface area contributed by atoms with Crippen LogP contribution in [0.25, 0.3) is 0 Å². The van der Waals surface area contributed by atoms with Gasteiger partial charge in [0, 0.05) is 18.0 Å². The Kier molecular flexibility index (Phi) is 3.81. The first kappa shape index (κ1) is 12.5. The fourth-order valence-electron chi connectivity index (χ4n) is 2.03. The zero-order valence-corrected chi connectivity index (χ0v) is 10.8. The van der Waals surface area contributed by atoms with E-state index in [-0.39, 0.29) is 5.91 Å². The smallest absolute Gasteiger partial charge is 0.234 e. The molecule has 0 spiro atoms. The van der Waals surface area contributed by atoms with Crippen molar-refractivity contribution in [3.8, 4) is 0 Å². The van der Waals surface area contributed by atoms with Gasteiger partial charge in [0.25, 0.3) is 0 Å². The maximum absolute atomic E-state index is 11.7. The highest BCUT2D eigenvalue weighted by Crippen LogP contribution is 2.19. The normalized spacial score (nSPS) is 25.1. The van der Waals surface area contributed by atoms with Crippen molar-refractivity contribution in [1.82, 2.24) is 10.2 Å². The Hall–Kier alpha value is -0.910. The van der Waals surface area contributed by atoms with Crippen molar-refractivity contribution in [2.24, 2.45) is 0 Å². The van der Waals surface area contributed by atoms with Crippen LogP contribution in [0.4, 0.5) is 0 Å². The van der Waals surface area contributed by atoms with Crippen LogP contribution in [0.15, 0.2) is 17.5 Å². The lowest BCUT2D eigenvalue weighted by atomic mass is 10.1. The molecule has 1 aliphatic rings. The Morgan fingerprint density at radius 1 is 1.71 bits per heavy atom. The van der Waals surface area contributed by atoms with Crippen LogP contribution < -0.4 is 5.32 Å². The second kappa shape index (κ2) is 5.16. The zero-order chi connectivity index (χ0) is 12.3. The van der Waals surface area contributed by atoms with Crippen molar-refractivity contribution < 1.29 is 9.90 Å². The van der Waals surface area contributed by atoms with Crippen molar-refractivity contribution in [3.05, 3.63) is 22.4 Å². The summed E-state index contributed by atoms with van der Waals surface area (Å²) >= 11 is 1.64. The van der Waals surface area contributed by atoms with E-state index in [2.05, 4.69) is 5.32 Å². The summed E-state index contributed by atoms with van der Waals surface area (Å²) in [7, 11) is 0. The minimum Gasteiger partial charge on any atom is -0.389 e. The Bertz CT molecular complexity index is 376. The molecule has 1 atom stereocenters. The van der Waals surface area contributed by atoms with E-state index >= 15 is 0 Å². The standard InChI is InChI=1S/C12H18N2O2S/c1-12(16)4-5-14(9-12)8-11(15)13-7-10-3-2-6-17-10/h2-3,6,16H,4-5,7-9H2,1H3,(H,13,15). The van der Waals surface area contributed by atoms with E-state index in [1.165, 1.54) is 0 Å². The SMILES string of the molecule is CC1(O)CCN(CC(=O)NCc2cccs2)C1. The molecular formula is C12H18N2O2S. The van der Waals surface area contributed by atoms with Gasteiger partial charge in [-0.05, 0) is 24.8 Å². The fraction of sp³-hybridized carbons (Fsp3) is 0.583. The van der Waals surface area contributed by atoms with Gasteiger partial charge in [-0.25, -0.2) is 0 Å². The van der Waals surface area contributed by atoms with E-state index in [0.717, 1.165) is 17.8 Å². The highest BCUT2D eigenvalue weighted by atomic mass is 32.1. The van der Waals surface area contributed by atoms with Gasteiger partial charge < -0.3 is 10.4 Å². The Morgan fingerprint density at radius 2 is 2.53 bits per heavy atom. The monoisotopic (exact) mass is 254 g/mol. The van der Waals surface area contributed by atoms with Gasteiger partial charge in [-0.15, -0.1) is 11.3 Å². The lowest BCUT2D eigenvalue weighted by molar-refractivity contribution is -0.122. The van der Waals surface area contributed by atoms with Crippen LogP contribution in [0.2, 0.25) is 0 Å². The Morgan fingerprint density at radius 3 is 3.12 bits per heavy atom. The van der Waals surface area contributed by atoms with Crippen molar-refractivity contribution in [2.75, 3.05) is 19.6 Å². The van der Waals surface area contributed by atoms with Gasteiger partial charge in [0.1, 0.15) is 0 Å². The topological polar surface area (TPSA) is 52.6 Å². The van der Waals surface area contributed by atoms with E-state index in [9.17, 15) is 9.90 Å². The summed E-state index contributed by atoms with van der Waals surface area (Å²) in [5, 5.41) is 14.7. The number of hydrogen-bond donors (Lipinski definition) is 2. The zero-order valence-electron chi connectivity index (χ0n) is 9.98. The molecule has 2 N–H and O–H groups in total. The first-order valence-electron chi connectivity index (χ1n) is 5.79. The quantitative estimate of drug-likeness (QED) is 0.836. The summed E-state index contributed by atoms with van der Waals surface area (Å²) < 4.78 is 0. The van der Waals surface area contributed by atoms with Gasteiger partial charge in [0.2, 0.25) is 5.91 Å². The highest BCUT2D eigenvalue weighted by Gasteiger charge is 2.31. The maximum atomic E-state index is 11.7. The highest BCUT2D eigenvalue weighted by molar-refractivity contribution is 7.09. The molecule has 0 aliphatic carbocycles. The molecule has 1 aliphatic heterocycles. The van der Waals surface area contributed by atoms with Crippen LogP contribution in [0, 0.1) is 0 Å². The molecule has 0 bridgehead atoms. The van der Waals surface area contributed by atoms with Crippen molar-refractivity contribution in [1.29, 1.82) is 0 Å². The first-order valence-corrected chi connectivity index (χ1v) is 6.67. The van der Waals surface area contributed by atoms with E-state index in [0.29, 0.717) is 19.6 Å². The molecule has 1 aromatic rings. The summed E-state index contributed by atoms with van der Waals surface area (Å²) in [5.74, 6) is 0.0242. The number of aliphatic hydroxyl groups is 1.